The molecule has 2 amide bonds. The number of likely N-dealkylation sites (tertiary alicyclic amines) is 1. The van der Waals surface area contributed by atoms with Crippen LogP contribution in [0.2, 0.25) is 0 Å². The predicted molar refractivity (Wildman–Crippen MR) is 84.6 cm³/mol. The van der Waals surface area contributed by atoms with Crippen molar-refractivity contribution in [1.29, 1.82) is 0 Å². The number of nitrogens with zero attached hydrogens (tertiary/aromatic N) is 2. The standard InChI is InChI=1S/C17H21N3O2/c1-2-7-14-12-15(19-22-14)16-10-6-11-20(16)17(21)18-13-8-4-3-5-9-13/h3-5,8-9,12,16H,2,6-7,10-11H2,1H3,(H,18,21). The molecular formula is C17H21N3O2. The van der Waals surface area contributed by atoms with Crippen LogP contribution >= 0.6 is 0 Å². The molecule has 1 N–H and O–H groups in total. The number of benzene rings is 1. The maximum Gasteiger partial charge on any atom is 0.322 e. The summed E-state index contributed by atoms with van der Waals surface area (Å²) in [5.74, 6) is 0.896. The first-order chi connectivity index (χ1) is 10.8. The van der Waals surface area contributed by atoms with Crippen molar-refractivity contribution in [3.05, 3.63) is 47.9 Å². The molecule has 1 unspecified atom stereocenters. The lowest BCUT2D eigenvalue weighted by Gasteiger charge is -2.23. The summed E-state index contributed by atoms with van der Waals surface area (Å²) in [6.45, 7) is 2.86. The van der Waals surface area contributed by atoms with Crippen LogP contribution in [0.15, 0.2) is 40.9 Å². The van der Waals surface area contributed by atoms with Crippen molar-refractivity contribution in [2.24, 2.45) is 0 Å². The zero-order chi connectivity index (χ0) is 15.4. The highest BCUT2D eigenvalue weighted by molar-refractivity contribution is 5.89. The Kier molecular flexibility index (Phi) is 4.42. The fourth-order valence-corrected chi connectivity index (χ4v) is 2.88. The average Bonchev–Trinajstić information content (AvgIpc) is 3.17. The van der Waals surface area contributed by atoms with Gasteiger partial charge in [0.05, 0.1) is 6.04 Å². The Morgan fingerprint density at radius 2 is 2.23 bits per heavy atom. The number of hydrogen-bond acceptors (Lipinski definition) is 3. The monoisotopic (exact) mass is 299 g/mol. The highest BCUT2D eigenvalue weighted by Gasteiger charge is 2.32. The molecule has 1 aromatic carbocycles. The number of amides is 2. The lowest BCUT2D eigenvalue weighted by atomic mass is 10.1. The molecule has 3 rings (SSSR count). The topological polar surface area (TPSA) is 58.4 Å². The van der Waals surface area contributed by atoms with Gasteiger partial charge >= 0.3 is 6.03 Å². The molecule has 5 nitrogen and oxygen atoms in total. The molecule has 22 heavy (non-hydrogen) atoms. The van der Waals surface area contributed by atoms with Crippen LogP contribution in [0.3, 0.4) is 0 Å². The van der Waals surface area contributed by atoms with Gasteiger partial charge in [0.2, 0.25) is 0 Å². The van der Waals surface area contributed by atoms with Crippen molar-refractivity contribution in [3.63, 3.8) is 0 Å². The van der Waals surface area contributed by atoms with E-state index in [9.17, 15) is 4.79 Å². The molecule has 116 valence electrons. The van der Waals surface area contributed by atoms with E-state index < -0.39 is 0 Å². The van der Waals surface area contributed by atoms with E-state index in [1.54, 1.807) is 0 Å². The average molecular weight is 299 g/mol. The first-order valence-electron chi connectivity index (χ1n) is 7.86. The van der Waals surface area contributed by atoms with Gasteiger partial charge in [-0.1, -0.05) is 30.3 Å². The van der Waals surface area contributed by atoms with Crippen molar-refractivity contribution < 1.29 is 9.32 Å². The van der Waals surface area contributed by atoms with E-state index >= 15 is 0 Å². The van der Waals surface area contributed by atoms with Crippen LogP contribution in [-0.2, 0) is 6.42 Å². The molecule has 1 atom stereocenters. The van der Waals surface area contributed by atoms with Crippen LogP contribution in [0.25, 0.3) is 0 Å². The number of aromatic nitrogens is 1. The third-order valence-corrected chi connectivity index (χ3v) is 3.95. The van der Waals surface area contributed by atoms with Crippen LogP contribution in [0.1, 0.15) is 43.7 Å². The van der Waals surface area contributed by atoms with Crippen LogP contribution in [-0.4, -0.2) is 22.6 Å². The zero-order valence-electron chi connectivity index (χ0n) is 12.8. The number of carbonyl (C=O) groups excluding carboxylic acids is 1. The molecule has 1 aromatic heterocycles. The Hall–Kier alpha value is -2.30. The summed E-state index contributed by atoms with van der Waals surface area (Å²) in [5, 5.41) is 7.10. The number of hydrogen-bond donors (Lipinski definition) is 1. The van der Waals surface area contributed by atoms with Gasteiger partial charge < -0.3 is 14.7 Å². The molecule has 0 saturated carbocycles. The lowest BCUT2D eigenvalue weighted by Crippen LogP contribution is -2.34. The molecule has 1 aliphatic heterocycles. The van der Waals surface area contributed by atoms with Crippen LogP contribution in [0, 0.1) is 0 Å². The van der Waals surface area contributed by atoms with E-state index in [1.807, 2.05) is 41.3 Å². The second kappa shape index (κ2) is 6.64. The van der Waals surface area contributed by atoms with Crippen LogP contribution in [0.4, 0.5) is 10.5 Å². The number of urea groups is 1. The Morgan fingerprint density at radius 3 is 3.00 bits per heavy atom. The minimum Gasteiger partial charge on any atom is -0.361 e. The van der Waals surface area contributed by atoms with Gasteiger partial charge in [-0.2, -0.15) is 0 Å². The number of carbonyl (C=O) groups is 1. The highest BCUT2D eigenvalue weighted by Crippen LogP contribution is 2.32. The molecule has 5 heteroatoms. The Balaban J connectivity index is 1.70. The number of para-hydroxylation sites is 1. The predicted octanol–water partition coefficient (Wildman–Crippen LogP) is 4.00. The smallest absolute Gasteiger partial charge is 0.322 e. The summed E-state index contributed by atoms with van der Waals surface area (Å²) in [6, 6.07) is 11.4. The van der Waals surface area contributed by atoms with E-state index in [2.05, 4.69) is 17.4 Å². The van der Waals surface area contributed by atoms with Gasteiger partial charge in [-0.25, -0.2) is 4.79 Å². The van der Waals surface area contributed by atoms with Gasteiger partial charge in [0, 0.05) is 24.7 Å². The summed E-state index contributed by atoms with van der Waals surface area (Å²) in [6.07, 6.45) is 3.83. The first kappa shape index (κ1) is 14.6. The maximum absolute atomic E-state index is 12.5. The van der Waals surface area contributed by atoms with Crippen molar-refractivity contribution in [1.82, 2.24) is 10.1 Å². The summed E-state index contributed by atoms with van der Waals surface area (Å²) >= 11 is 0. The number of anilines is 1. The fourth-order valence-electron chi connectivity index (χ4n) is 2.88. The van der Waals surface area contributed by atoms with Gasteiger partial charge in [0.15, 0.2) is 0 Å². The van der Waals surface area contributed by atoms with Gasteiger partial charge in [-0.05, 0) is 31.4 Å². The molecule has 0 bridgehead atoms. The third-order valence-electron chi connectivity index (χ3n) is 3.95. The molecule has 1 aliphatic rings. The largest absolute Gasteiger partial charge is 0.361 e. The summed E-state index contributed by atoms with van der Waals surface area (Å²) in [4.78, 5) is 14.3. The highest BCUT2D eigenvalue weighted by atomic mass is 16.5. The van der Waals surface area contributed by atoms with E-state index in [4.69, 9.17) is 4.52 Å². The van der Waals surface area contributed by atoms with E-state index in [1.165, 1.54) is 0 Å². The SMILES string of the molecule is CCCc1cc(C2CCCN2C(=O)Nc2ccccc2)no1. The Morgan fingerprint density at radius 1 is 1.41 bits per heavy atom. The minimum atomic E-state index is -0.0752. The van der Waals surface area contributed by atoms with Crippen molar-refractivity contribution >= 4 is 11.7 Å². The fraction of sp³-hybridized carbons (Fsp3) is 0.412. The van der Waals surface area contributed by atoms with E-state index in [0.717, 1.165) is 49.4 Å². The van der Waals surface area contributed by atoms with Crippen molar-refractivity contribution in [3.8, 4) is 0 Å². The summed E-state index contributed by atoms with van der Waals surface area (Å²) in [7, 11) is 0. The number of nitrogens with one attached hydrogen (secondary N) is 1. The van der Waals surface area contributed by atoms with Gasteiger partial charge in [-0.15, -0.1) is 0 Å². The lowest BCUT2D eigenvalue weighted by molar-refractivity contribution is 0.204. The third kappa shape index (κ3) is 3.13. The zero-order valence-corrected chi connectivity index (χ0v) is 12.8. The van der Waals surface area contributed by atoms with Crippen LogP contribution < -0.4 is 5.32 Å². The summed E-state index contributed by atoms with van der Waals surface area (Å²) in [5.41, 5.74) is 1.68. The molecule has 0 radical (unpaired) electrons. The van der Waals surface area contributed by atoms with Crippen LogP contribution in [0.5, 0.6) is 0 Å². The second-order valence-corrected chi connectivity index (χ2v) is 5.62. The molecular weight excluding hydrogens is 278 g/mol. The minimum absolute atomic E-state index is 0.0121. The van der Waals surface area contributed by atoms with Gasteiger partial charge in [-0.3, -0.25) is 0 Å². The Bertz CT molecular complexity index is 624. The second-order valence-electron chi connectivity index (χ2n) is 5.62. The van der Waals surface area contributed by atoms with E-state index in [0.29, 0.717) is 0 Å². The normalized spacial score (nSPS) is 17.7. The molecule has 1 fully saturated rings. The van der Waals surface area contributed by atoms with Crippen molar-refractivity contribution in [2.75, 3.05) is 11.9 Å². The quantitative estimate of drug-likeness (QED) is 0.928. The molecule has 0 aliphatic carbocycles. The van der Waals surface area contributed by atoms with Crippen molar-refractivity contribution in [2.45, 2.75) is 38.6 Å². The maximum atomic E-state index is 12.5. The number of aryl methyl sites for hydroxylation is 1. The Labute approximate surface area is 130 Å². The molecule has 2 heterocycles. The first-order valence-corrected chi connectivity index (χ1v) is 7.86. The van der Waals surface area contributed by atoms with Gasteiger partial charge in [0.25, 0.3) is 0 Å². The molecule has 1 saturated heterocycles. The van der Waals surface area contributed by atoms with Gasteiger partial charge in [0.1, 0.15) is 11.5 Å². The molecule has 2 aromatic rings. The molecule has 0 spiro atoms. The summed E-state index contributed by atoms with van der Waals surface area (Å²) < 4.78 is 5.36. The van der Waals surface area contributed by atoms with E-state index in [-0.39, 0.29) is 12.1 Å². The number of rotatable bonds is 4.